The lowest BCUT2D eigenvalue weighted by molar-refractivity contribution is 0.0963. The maximum Gasteiger partial charge on any atom is 0.251 e. The minimum Gasteiger partial charge on any atom is -0.355 e. The Labute approximate surface area is 76.4 Å². The lowest BCUT2D eigenvalue weighted by atomic mass is 10.2. The molecule has 0 aromatic heterocycles. The van der Waals surface area contributed by atoms with Crippen LogP contribution in [-0.2, 0) is 0 Å². The number of carbonyl (C=O) groups excluding carboxylic acids is 1. The fourth-order valence-corrected chi connectivity index (χ4v) is 1.29. The Balaban J connectivity index is 2.84. The predicted molar refractivity (Wildman–Crippen MR) is 51.6 cm³/mol. The van der Waals surface area contributed by atoms with Crippen LogP contribution in [0.3, 0.4) is 0 Å². The standard InChI is InChI=1S/C9H11NOS/c1-10-9(11)7-3-5-8(12-2)6-4-7/h3-6H,1-2H3,(H,10,11). The van der Waals surface area contributed by atoms with Gasteiger partial charge < -0.3 is 5.32 Å². The van der Waals surface area contributed by atoms with Gasteiger partial charge in [-0.1, -0.05) is 0 Å². The van der Waals surface area contributed by atoms with E-state index in [1.807, 2.05) is 30.5 Å². The summed E-state index contributed by atoms with van der Waals surface area (Å²) in [5, 5.41) is 2.57. The van der Waals surface area contributed by atoms with Crippen molar-refractivity contribution in [2.75, 3.05) is 13.3 Å². The highest BCUT2D eigenvalue weighted by Gasteiger charge is 2.00. The summed E-state index contributed by atoms with van der Waals surface area (Å²) >= 11 is 1.67. The third-order valence-corrected chi connectivity index (χ3v) is 2.32. The SMILES string of the molecule is CNC(=O)c1ccc(SC)cc1. The molecule has 3 heteroatoms. The van der Waals surface area contributed by atoms with Gasteiger partial charge in [-0.15, -0.1) is 11.8 Å². The van der Waals surface area contributed by atoms with E-state index < -0.39 is 0 Å². The van der Waals surface area contributed by atoms with Gasteiger partial charge in [0.15, 0.2) is 0 Å². The molecule has 0 spiro atoms. The van der Waals surface area contributed by atoms with Gasteiger partial charge in [0.1, 0.15) is 0 Å². The van der Waals surface area contributed by atoms with E-state index in [1.54, 1.807) is 18.8 Å². The second-order valence-corrected chi connectivity index (χ2v) is 3.19. The molecule has 0 aliphatic rings. The molecule has 1 amide bonds. The molecule has 2 nitrogen and oxygen atoms in total. The van der Waals surface area contributed by atoms with Crippen molar-refractivity contribution < 1.29 is 4.79 Å². The van der Waals surface area contributed by atoms with Crippen molar-refractivity contribution in [1.29, 1.82) is 0 Å². The molecule has 0 radical (unpaired) electrons. The third kappa shape index (κ3) is 2.01. The van der Waals surface area contributed by atoms with Gasteiger partial charge in [-0.3, -0.25) is 4.79 Å². The number of carbonyl (C=O) groups is 1. The average molecular weight is 181 g/mol. The largest absolute Gasteiger partial charge is 0.355 e. The van der Waals surface area contributed by atoms with Gasteiger partial charge in [0, 0.05) is 17.5 Å². The van der Waals surface area contributed by atoms with E-state index in [2.05, 4.69) is 5.32 Å². The summed E-state index contributed by atoms with van der Waals surface area (Å²) < 4.78 is 0. The quantitative estimate of drug-likeness (QED) is 0.704. The van der Waals surface area contributed by atoms with Gasteiger partial charge in [0.05, 0.1) is 0 Å². The molecule has 0 bridgehead atoms. The Bertz CT molecular complexity index is 268. The Hall–Kier alpha value is -0.960. The van der Waals surface area contributed by atoms with Crippen molar-refractivity contribution in [1.82, 2.24) is 5.32 Å². The molecule has 0 fully saturated rings. The van der Waals surface area contributed by atoms with Gasteiger partial charge in [0.2, 0.25) is 0 Å². The van der Waals surface area contributed by atoms with Crippen molar-refractivity contribution in [3.63, 3.8) is 0 Å². The molecule has 0 atom stereocenters. The summed E-state index contributed by atoms with van der Waals surface area (Å²) in [6, 6.07) is 7.53. The van der Waals surface area contributed by atoms with E-state index in [0.29, 0.717) is 5.56 Å². The van der Waals surface area contributed by atoms with Crippen LogP contribution in [-0.4, -0.2) is 19.2 Å². The fraction of sp³-hybridized carbons (Fsp3) is 0.222. The van der Waals surface area contributed by atoms with Gasteiger partial charge in [-0.25, -0.2) is 0 Å². The first kappa shape index (κ1) is 9.13. The molecule has 64 valence electrons. The molecule has 0 heterocycles. The number of benzene rings is 1. The number of thioether (sulfide) groups is 1. The Morgan fingerprint density at radius 1 is 1.33 bits per heavy atom. The first-order valence-electron chi connectivity index (χ1n) is 3.64. The molecule has 0 saturated carbocycles. The van der Waals surface area contributed by atoms with Crippen molar-refractivity contribution in [2.24, 2.45) is 0 Å². The lowest BCUT2D eigenvalue weighted by Gasteiger charge is -1.99. The zero-order valence-corrected chi connectivity index (χ0v) is 7.94. The second-order valence-electron chi connectivity index (χ2n) is 2.31. The molecule has 1 aromatic carbocycles. The maximum atomic E-state index is 11.1. The van der Waals surface area contributed by atoms with Crippen LogP contribution in [0, 0.1) is 0 Å². The zero-order chi connectivity index (χ0) is 8.97. The van der Waals surface area contributed by atoms with Crippen LogP contribution in [0.5, 0.6) is 0 Å². The van der Waals surface area contributed by atoms with Crippen LogP contribution >= 0.6 is 11.8 Å². The van der Waals surface area contributed by atoms with Gasteiger partial charge in [-0.2, -0.15) is 0 Å². The van der Waals surface area contributed by atoms with Crippen LogP contribution in [0.1, 0.15) is 10.4 Å². The number of amides is 1. The molecule has 0 aliphatic heterocycles. The van der Waals surface area contributed by atoms with E-state index in [9.17, 15) is 4.79 Å². The molecule has 1 N–H and O–H groups in total. The summed E-state index contributed by atoms with van der Waals surface area (Å²) in [4.78, 5) is 12.3. The van der Waals surface area contributed by atoms with Crippen LogP contribution in [0.2, 0.25) is 0 Å². The van der Waals surface area contributed by atoms with Crippen LogP contribution in [0.25, 0.3) is 0 Å². The second kappa shape index (κ2) is 4.16. The van der Waals surface area contributed by atoms with Gasteiger partial charge in [-0.05, 0) is 30.5 Å². The molecule has 0 saturated heterocycles. The molecule has 1 rings (SSSR count). The maximum absolute atomic E-state index is 11.1. The van der Waals surface area contributed by atoms with Crippen molar-refractivity contribution in [3.05, 3.63) is 29.8 Å². The van der Waals surface area contributed by atoms with Crippen LogP contribution in [0.4, 0.5) is 0 Å². The Morgan fingerprint density at radius 2 is 1.92 bits per heavy atom. The van der Waals surface area contributed by atoms with Crippen LogP contribution < -0.4 is 5.32 Å². The van der Waals surface area contributed by atoms with Crippen molar-refractivity contribution in [2.45, 2.75) is 4.90 Å². The number of nitrogens with one attached hydrogen (secondary N) is 1. The number of rotatable bonds is 2. The smallest absolute Gasteiger partial charge is 0.251 e. The fourth-order valence-electron chi connectivity index (χ4n) is 0.887. The summed E-state index contributed by atoms with van der Waals surface area (Å²) in [6.45, 7) is 0. The van der Waals surface area contributed by atoms with Gasteiger partial charge in [0.25, 0.3) is 5.91 Å². The molecule has 12 heavy (non-hydrogen) atoms. The first-order chi connectivity index (χ1) is 5.77. The van der Waals surface area contributed by atoms with Crippen molar-refractivity contribution >= 4 is 17.7 Å². The van der Waals surface area contributed by atoms with E-state index in [4.69, 9.17) is 0 Å². The Kier molecular flexibility index (Phi) is 3.17. The highest BCUT2D eigenvalue weighted by atomic mass is 32.2. The summed E-state index contributed by atoms with van der Waals surface area (Å²) in [5.41, 5.74) is 0.704. The zero-order valence-electron chi connectivity index (χ0n) is 7.13. The third-order valence-electron chi connectivity index (χ3n) is 1.58. The van der Waals surface area contributed by atoms with E-state index in [1.165, 1.54) is 4.90 Å². The normalized spacial score (nSPS) is 9.50. The number of hydrogen-bond acceptors (Lipinski definition) is 2. The average Bonchev–Trinajstić information content (AvgIpc) is 2.17. The Morgan fingerprint density at radius 3 is 2.33 bits per heavy atom. The van der Waals surface area contributed by atoms with Gasteiger partial charge >= 0.3 is 0 Å². The monoisotopic (exact) mass is 181 g/mol. The molecule has 0 unspecified atom stereocenters. The molecular formula is C9H11NOS. The molecule has 1 aromatic rings. The molecule has 0 aliphatic carbocycles. The number of hydrogen-bond donors (Lipinski definition) is 1. The van der Waals surface area contributed by atoms with E-state index in [-0.39, 0.29) is 5.91 Å². The van der Waals surface area contributed by atoms with Crippen molar-refractivity contribution in [3.8, 4) is 0 Å². The predicted octanol–water partition coefficient (Wildman–Crippen LogP) is 1.77. The summed E-state index contributed by atoms with van der Waals surface area (Å²) in [5.74, 6) is -0.0392. The molecular weight excluding hydrogens is 170 g/mol. The minimum absolute atomic E-state index is 0.0392. The highest BCUT2D eigenvalue weighted by Crippen LogP contribution is 2.14. The summed E-state index contributed by atoms with van der Waals surface area (Å²) in [7, 11) is 1.63. The van der Waals surface area contributed by atoms with E-state index in [0.717, 1.165) is 0 Å². The lowest BCUT2D eigenvalue weighted by Crippen LogP contribution is -2.17. The first-order valence-corrected chi connectivity index (χ1v) is 4.86. The topological polar surface area (TPSA) is 29.1 Å². The highest BCUT2D eigenvalue weighted by molar-refractivity contribution is 7.98. The minimum atomic E-state index is -0.0392. The summed E-state index contributed by atoms with van der Waals surface area (Å²) in [6.07, 6.45) is 2.01. The van der Waals surface area contributed by atoms with Crippen LogP contribution in [0.15, 0.2) is 29.2 Å². The van der Waals surface area contributed by atoms with E-state index >= 15 is 0 Å².